The number of fused-ring (bicyclic) bond motifs is 1. The highest BCUT2D eigenvalue weighted by Crippen LogP contribution is 2.29. The van der Waals surface area contributed by atoms with Crippen LogP contribution in [0.3, 0.4) is 0 Å². The number of esters is 1. The predicted octanol–water partition coefficient (Wildman–Crippen LogP) is 2.14. The second kappa shape index (κ2) is 5.41. The molecular weight excluding hydrogens is 292 g/mol. The molecule has 0 aliphatic carbocycles. The number of benzene rings is 1. The van der Waals surface area contributed by atoms with Crippen LogP contribution < -0.4 is 5.73 Å². The molecule has 2 heterocycles. The van der Waals surface area contributed by atoms with Crippen LogP contribution >= 0.6 is 11.8 Å². The maximum absolute atomic E-state index is 11.4. The van der Waals surface area contributed by atoms with E-state index < -0.39 is 5.97 Å². The maximum atomic E-state index is 11.4. The number of rotatable bonds is 3. The second-order valence-electron chi connectivity index (χ2n) is 4.02. The van der Waals surface area contributed by atoms with Crippen molar-refractivity contribution in [3.8, 4) is 0 Å². The number of nitrogens with zero attached hydrogens (tertiary/aromatic N) is 3. The third-order valence-electron chi connectivity index (χ3n) is 2.58. The van der Waals surface area contributed by atoms with Gasteiger partial charge in [-0.1, -0.05) is 0 Å². The molecule has 3 rings (SSSR count). The molecule has 0 aliphatic rings. The third kappa shape index (κ3) is 2.79. The zero-order valence-electron chi connectivity index (χ0n) is 10.9. The van der Waals surface area contributed by atoms with Crippen LogP contribution in [0, 0.1) is 0 Å². The van der Waals surface area contributed by atoms with Crippen molar-refractivity contribution in [1.29, 1.82) is 0 Å². The lowest BCUT2D eigenvalue weighted by molar-refractivity contribution is 0.0585. The van der Waals surface area contributed by atoms with Crippen LogP contribution in [-0.2, 0) is 4.74 Å². The predicted molar refractivity (Wildman–Crippen MR) is 75.9 cm³/mol. The van der Waals surface area contributed by atoms with E-state index >= 15 is 0 Å². The van der Waals surface area contributed by atoms with Gasteiger partial charge < -0.3 is 14.9 Å². The van der Waals surface area contributed by atoms with E-state index in [1.54, 1.807) is 24.3 Å². The highest BCUT2D eigenvalue weighted by Gasteiger charge is 2.13. The summed E-state index contributed by atoms with van der Waals surface area (Å²) in [7, 11) is 1.27. The number of carbonyl (C=O) groups is 1. The molecule has 0 spiro atoms. The van der Waals surface area contributed by atoms with Crippen molar-refractivity contribution in [2.45, 2.75) is 10.2 Å². The fourth-order valence-electron chi connectivity index (χ4n) is 1.65. The minimum Gasteiger partial charge on any atom is -0.463 e. The van der Waals surface area contributed by atoms with Crippen LogP contribution in [-0.4, -0.2) is 28.0 Å². The van der Waals surface area contributed by atoms with Crippen LogP contribution in [0.1, 0.15) is 10.6 Å². The Balaban J connectivity index is 1.89. The van der Waals surface area contributed by atoms with Gasteiger partial charge in [-0.05, 0) is 36.0 Å². The lowest BCUT2D eigenvalue weighted by Crippen LogP contribution is -2.07. The molecule has 7 nitrogen and oxygen atoms in total. The third-order valence-corrected chi connectivity index (χ3v) is 3.37. The molecule has 8 heteroatoms. The van der Waals surface area contributed by atoms with Crippen LogP contribution in [0.2, 0.25) is 0 Å². The molecule has 0 saturated carbocycles. The van der Waals surface area contributed by atoms with Gasteiger partial charge in [0.2, 0.25) is 5.82 Å². The van der Waals surface area contributed by atoms with Crippen molar-refractivity contribution >= 4 is 34.5 Å². The first kappa shape index (κ1) is 13.4. The summed E-state index contributed by atoms with van der Waals surface area (Å²) in [4.78, 5) is 23.6. The van der Waals surface area contributed by atoms with Crippen LogP contribution in [0.5, 0.6) is 0 Å². The van der Waals surface area contributed by atoms with Gasteiger partial charge in [-0.2, -0.15) is 0 Å². The first-order chi connectivity index (χ1) is 10.2. The zero-order valence-corrected chi connectivity index (χ0v) is 11.8. The standard InChI is InChI=1S/C13H10N4O3S/c1-19-12(18)11-15-5-4-10(17-11)21-13-16-8-6-7(14)2-3-9(8)20-13/h2-6H,14H2,1H3. The van der Waals surface area contributed by atoms with Crippen molar-refractivity contribution < 1.29 is 13.9 Å². The summed E-state index contributed by atoms with van der Waals surface area (Å²) in [5.41, 5.74) is 7.61. The molecule has 0 radical (unpaired) electrons. The lowest BCUT2D eigenvalue weighted by Gasteiger charge is -1.99. The van der Waals surface area contributed by atoms with Gasteiger partial charge in [-0.25, -0.2) is 19.7 Å². The summed E-state index contributed by atoms with van der Waals surface area (Å²) in [5, 5.41) is 0.940. The molecule has 0 saturated heterocycles. The smallest absolute Gasteiger partial charge is 0.376 e. The highest BCUT2D eigenvalue weighted by atomic mass is 32.2. The van der Waals surface area contributed by atoms with Gasteiger partial charge in [0.25, 0.3) is 5.22 Å². The number of nitrogen functional groups attached to an aromatic ring is 1. The number of nitrogens with two attached hydrogens (primary N) is 1. The van der Waals surface area contributed by atoms with Gasteiger partial charge >= 0.3 is 5.97 Å². The van der Waals surface area contributed by atoms with Gasteiger partial charge in [-0.15, -0.1) is 0 Å². The fourth-order valence-corrected chi connectivity index (χ4v) is 2.36. The number of carbonyl (C=O) groups excluding carboxylic acids is 1. The minimum atomic E-state index is -0.595. The summed E-state index contributed by atoms with van der Waals surface area (Å²) >= 11 is 1.18. The Kier molecular flexibility index (Phi) is 3.44. The van der Waals surface area contributed by atoms with E-state index in [0.29, 0.717) is 27.0 Å². The molecule has 0 bridgehead atoms. The van der Waals surface area contributed by atoms with Gasteiger partial charge in [-0.3, -0.25) is 0 Å². The molecule has 0 amide bonds. The van der Waals surface area contributed by atoms with E-state index in [9.17, 15) is 4.79 Å². The van der Waals surface area contributed by atoms with Gasteiger partial charge in [0.1, 0.15) is 10.5 Å². The molecule has 106 valence electrons. The molecule has 0 unspecified atom stereocenters. The Hall–Kier alpha value is -2.61. The number of ether oxygens (including phenoxy) is 1. The molecular formula is C13H10N4O3S. The quantitative estimate of drug-likeness (QED) is 0.446. The second-order valence-corrected chi connectivity index (χ2v) is 4.99. The summed E-state index contributed by atoms with van der Waals surface area (Å²) in [6.45, 7) is 0. The van der Waals surface area contributed by atoms with E-state index in [2.05, 4.69) is 19.7 Å². The fraction of sp³-hybridized carbons (Fsp3) is 0.0769. The zero-order chi connectivity index (χ0) is 14.8. The highest BCUT2D eigenvalue weighted by molar-refractivity contribution is 7.99. The Morgan fingerprint density at radius 2 is 2.19 bits per heavy atom. The number of aromatic nitrogens is 3. The molecule has 1 aromatic carbocycles. The van der Waals surface area contributed by atoms with Crippen molar-refractivity contribution in [3.63, 3.8) is 0 Å². The van der Waals surface area contributed by atoms with Gasteiger partial charge in [0, 0.05) is 11.9 Å². The van der Waals surface area contributed by atoms with Crippen molar-refractivity contribution in [1.82, 2.24) is 15.0 Å². The summed E-state index contributed by atoms with van der Waals surface area (Å²) in [5.74, 6) is -0.606. The average Bonchev–Trinajstić information content (AvgIpc) is 2.88. The average molecular weight is 302 g/mol. The Bertz CT molecular complexity index is 818. The van der Waals surface area contributed by atoms with Crippen molar-refractivity contribution in [2.24, 2.45) is 0 Å². The molecule has 0 aliphatic heterocycles. The number of methoxy groups -OCH3 is 1. The Morgan fingerprint density at radius 1 is 1.33 bits per heavy atom. The minimum absolute atomic E-state index is 0.0112. The topological polar surface area (TPSA) is 104 Å². The van der Waals surface area contributed by atoms with Crippen molar-refractivity contribution in [3.05, 3.63) is 36.3 Å². The van der Waals surface area contributed by atoms with E-state index in [4.69, 9.17) is 10.2 Å². The SMILES string of the molecule is COC(=O)c1nccc(Sc2nc3cc(N)ccc3o2)n1. The van der Waals surface area contributed by atoms with E-state index in [-0.39, 0.29) is 5.82 Å². The Labute approximate surface area is 123 Å². The Morgan fingerprint density at radius 3 is 3.00 bits per heavy atom. The normalized spacial score (nSPS) is 10.7. The molecule has 0 fully saturated rings. The molecule has 3 aromatic rings. The van der Waals surface area contributed by atoms with Crippen LogP contribution in [0.25, 0.3) is 11.1 Å². The van der Waals surface area contributed by atoms with Crippen molar-refractivity contribution in [2.75, 3.05) is 12.8 Å². The first-order valence-electron chi connectivity index (χ1n) is 5.91. The molecule has 0 atom stereocenters. The summed E-state index contributed by atoms with van der Waals surface area (Å²) in [6, 6.07) is 6.87. The van der Waals surface area contributed by atoms with E-state index in [0.717, 1.165) is 0 Å². The number of oxazole rings is 1. The molecule has 2 aromatic heterocycles. The molecule has 2 N–H and O–H groups in total. The van der Waals surface area contributed by atoms with Gasteiger partial charge in [0.15, 0.2) is 5.58 Å². The van der Waals surface area contributed by atoms with Crippen LogP contribution in [0.15, 0.2) is 45.1 Å². The number of anilines is 1. The number of hydrogen-bond donors (Lipinski definition) is 1. The van der Waals surface area contributed by atoms with Gasteiger partial charge in [0.05, 0.1) is 7.11 Å². The largest absolute Gasteiger partial charge is 0.463 e. The first-order valence-corrected chi connectivity index (χ1v) is 6.72. The summed E-state index contributed by atoms with van der Waals surface area (Å²) < 4.78 is 10.1. The monoisotopic (exact) mass is 302 g/mol. The van der Waals surface area contributed by atoms with Crippen LogP contribution in [0.4, 0.5) is 5.69 Å². The van der Waals surface area contributed by atoms with E-state index in [1.807, 2.05) is 0 Å². The lowest BCUT2D eigenvalue weighted by atomic mass is 10.3. The maximum Gasteiger partial charge on any atom is 0.376 e. The van der Waals surface area contributed by atoms with E-state index in [1.165, 1.54) is 25.1 Å². The summed E-state index contributed by atoms with van der Waals surface area (Å²) in [6.07, 6.45) is 1.47. The number of hydrogen-bond acceptors (Lipinski definition) is 8. The molecule has 21 heavy (non-hydrogen) atoms.